The predicted molar refractivity (Wildman–Crippen MR) is 97.9 cm³/mol. The van der Waals surface area contributed by atoms with Crippen LogP contribution in [0.25, 0.3) is 0 Å². The van der Waals surface area contributed by atoms with E-state index in [1.807, 2.05) is 4.90 Å². The number of aromatic amines is 1. The van der Waals surface area contributed by atoms with Crippen LogP contribution in [0.5, 0.6) is 0 Å². The SMILES string of the molecule is O=C(C1CC1)N1CC[C@H](c2nc3c(c(=O)[nH]2)CCN(C2CCCC2)C3)C1. The molecule has 5 rings (SSSR count). The molecule has 1 saturated heterocycles. The van der Waals surface area contributed by atoms with Gasteiger partial charge >= 0.3 is 0 Å². The second kappa shape index (κ2) is 6.48. The summed E-state index contributed by atoms with van der Waals surface area (Å²) in [6.07, 6.45) is 9.04. The maximum Gasteiger partial charge on any atom is 0.254 e. The molecular weight excluding hydrogens is 328 g/mol. The van der Waals surface area contributed by atoms with Crippen LogP contribution in [0.1, 0.15) is 67.9 Å². The molecule has 1 aromatic rings. The van der Waals surface area contributed by atoms with Gasteiger partial charge in [0.25, 0.3) is 5.56 Å². The van der Waals surface area contributed by atoms with Crippen LogP contribution in [0.15, 0.2) is 4.79 Å². The molecule has 2 aliphatic heterocycles. The lowest BCUT2D eigenvalue weighted by Crippen LogP contribution is -2.41. The highest BCUT2D eigenvalue weighted by Gasteiger charge is 2.38. The van der Waals surface area contributed by atoms with Crippen molar-refractivity contribution in [2.75, 3.05) is 19.6 Å². The number of H-pyrrole nitrogens is 1. The summed E-state index contributed by atoms with van der Waals surface area (Å²) in [6.45, 7) is 3.31. The minimum Gasteiger partial charge on any atom is -0.342 e. The van der Waals surface area contributed by atoms with Gasteiger partial charge in [-0.3, -0.25) is 14.5 Å². The molecule has 1 atom stereocenters. The largest absolute Gasteiger partial charge is 0.342 e. The monoisotopic (exact) mass is 356 g/mol. The van der Waals surface area contributed by atoms with E-state index in [2.05, 4.69) is 9.88 Å². The van der Waals surface area contributed by atoms with E-state index in [-0.39, 0.29) is 17.4 Å². The van der Waals surface area contributed by atoms with Crippen molar-refractivity contribution in [3.63, 3.8) is 0 Å². The predicted octanol–water partition coefficient (Wildman–Crippen LogP) is 1.80. The Morgan fingerprint density at radius 1 is 1.08 bits per heavy atom. The first kappa shape index (κ1) is 16.5. The fourth-order valence-electron chi connectivity index (χ4n) is 5.03. The van der Waals surface area contributed by atoms with Crippen LogP contribution in [0.2, 0.25) is 0 Å². The Hall–Kier alpha value is -1.69. The lowest BCUT2D eigenvalue weighted by atomic mass is 10.0. The van der Waals surface area contributed by atoms with Crippen LogP contribution < -0.4 is 5.56 Å². The fourth-order valence-corrected chi connectivity index (χ4v) is 5.03. The second-order valence-corrected chi connectivity index (χ2v) is 8.58. The molecule has 26 heavy (non-hydrogen) atoms. The average Bonchev–Trinajstić information content (AvgIpc) is 3.15. The maximum atomic E-state index is 12.6. The minimum atomic E-state index is 0.0445. The van der Waals surface area contributed by atoms with Gasteiger partial charge in [-0.25, -0.2) is 4.98 Å². The first-order chi connectivity index (χ1) is 12.7. The number of rotatable bonds is 3. The number of amides is 1. The Kier molecular flexibility index (Phi) is 4.11. The van der Waals surface area contributed by atoms with E-state index in [1.165, 1.54) is 25.7 Å². The van der Waals surface area contributed by atoms with E-state index in [4.69, 9.17) is 4.98 Å². The van der Waals surface area contributed by atoms with Crippen LogP contribution in [-0.2, 0) is 17.8 Å². The van der Waals surface area contributed by atoms with Crippen LogP contribution in [-0.4, -0.2) is 51.4 Å². The number of hydrogen-bond donors (Lipinski definition) is 1. The number of hydrogen-bond acceptors (Lipinski definition) is 4. The molecule has 1 N–H and O–H groups in total. The third-order valence-electron chi connectivity index (χ3n) is 6.78. The summed E-state index contributed by atoms with van der Waals surface area (Å²) in [6, 6.07) is 0.672. The molecule has 6 nitrogen and oxygen atoms in total. The third kappa shape index (κ3) is 2.98. The lowest BCUT2D eigenvalue weighted by Gasteiger charge is -2.32. The topological polar surface area (TPSA) is 69.3 Å². The van der Waals surface area contributed by atoms with Crippen molar-refractivity contribution in [2.24, 2.45) is 5.92 Å². The number of aromatic nitrogens is 2. The molecule has 0 aromatic carbocycles. The minimum absolute atomic E-state index is 0.0445. The third-order valence-corrected chi connectivity index (χ3v) is 6.78. The second-order valence-electron chi connectivity index (χ2n) is 8.58. The van der Waals surface area contributed by atoms with Crippen molar-refractivity contribution in [1.82, 2.24) is 19.8 Å². The Bertz CT molecular complexity index is 764. The van der Waals surface area contributed by atoms with E-state index in [0.29, 0.717) is 18.5 Å². The van der Waals surface area contributed by atoms with Gasteiger partial charge in [-0.15, -0.1) is 0 Å². The zero-order valence-electron chi connectivity index (χ0n) is 15.4. The average molecular weight is 356 g/mol. The summed E-state index contributed by atoms with van der Waals surface area (Å²) in [5, 5.41) is 0. The quantitative estimate of drug-likeness (QED) is 0.897. The van der Waals surface area contributed by atoms with Gasteiger partial charge in [-0.2, -0.15) is 0 Å². The number of nitrogens with zero attached hydrogens (tertiary/aromatic N) is 3. The van der Waals surface area contributed by atoms with Gasteiger partial charge in [0.05, 0.1) is 5.69 Å². The lowest BCUT2D eigenvalue weighted by molar-refractivity contribution is -0.131. The summed E-state index contributed by atoms with van der Waals surface area (Å²) in [5.74, 6) is 1.55. The van der Waals surface area contributed by atoms with Gasteiger partial charge in [0, 0.05) is 49.6 Å². The first-order valence-electron chi connectivity index (χ1n) is 10.3. The van der Waals surface area contributed by atoms with E-state index >= 15 is 0 Å². The molecule has 0 bridgehead atoms. The van der Waals surface area contributed by atoms with Crippen LogP contribution in [0, 0.1) is 5.92 Å². The zero-order valence-corrected chi connectivity index (χ0v) is 15.4. The summed E-state index contributed by atoms with van der Waals surface area (Å²) in [4.78, 5) is 37.4. The van der Waals surface area contributed by atoms with Gasteiger partial charge < -0.3 is 9.88 Å². The Morgan fingerprint density at radius 2 is 1.88 bits per heavy atom. The number of likely N-dealkylation sites (tertiary alicyclic amines) is 1. The highest BCUT2D eigenvalue weighted by atomic mass is 16.2. The fraction of sp³-hybridized carbons (Fsp3) is 0.750. The van der Waals surface area contributed by atoms with Gasteiger partial charge in [-0.05, 0) is 38.5 Å². The Balaban J connectivity index is 1.34. The maximum absolute atomic E-state index is 12.6. The smallest absolute Gasteiger partial charge is 0.254 e. The molecule has 1 aromatic heterocycles. The van der Waals surface area contributed by atoms with Crippen molar-refractivity contribution in [1.29, 1.82) is 0 Å². The molecule has 3 fully saturated rings. The van der Waals surface area contributed by atoms with Crippen LogP contribution >= 0.6 is 0 Å². The molecule has 0 spiro atoms. The van der Waals surface area contributed by atoms with Crippen molar-refractivity contribution in [2.45, 2.75) is 69.9 Å². The van der Waals surface area contributed by atoms with Crippen molar-refractivity contribution >= 4 is 5.91 Å². The van der Waals surface area contributed by atoms with Gasteiger partial charge in [0.1, 0.15) is 5.82 Å². The van der Waals surface area contributed by atoms with Crippen LogP contribution in [0.4, 0.5) is 0 Å². The number of carbonyl (C=O) groups excluding carboxylic acids is 1. The Morgan fingerprint density at radius 3 is 2.65 bits per heavy atom. The first-order valence-corrected chi connectivity index (χ1v) is 10.3. The van der Waals surface area contributed by atoms with Gasteiger partial charge in [-0.1, -0.05) is 12.8 Å². The number of carbonyl (C=O) groups is 1. The molecular formula is C20H28N4O2. The molecule has 4 aliphatic rings. The molecule has 0 unspecified atom stereocenters. The molecule has 2 aliphatic carbocycles. The Labute approximate surface area is 154 Å². The summed E-state index contributed by atoms with van der Waals surface area (Å²) in [5.41, 5.74) is 1.91. The number of nitrogens with one attached hydrogen (secondary N) is 1. The molecule has 0 radical (unpaired) electrons. The summed E-state index contributed by atoms with van der Waals surface area (Å²) in [7, 11) is 0. The molecule has 2 saturated carbocycles. The van der Waals surface area contributed by atoms with Crippen molar-refractivity contribution in [3.8, 4) is 0 Å². The summed E-state index contributed by atoms with van der Waals surface area (Å²) >= 11 is 0. The van der Waals surface area contributed by atoms with E-state index in [1.54, 1.807) is 0 Å². The normalized spacial score (nSPS) is 27.1. The molecule has 6 heteroatoms. The number of fused-ring (bicyclic) bond motifs is 1. The molecule has 3 heterocycles. The van der Waals surface area contributed by atoms with E-state index < -0.39 is 0 Å². The molecule has 1 amide bonds. The van der Waals surface area contributed by atoms with Crippen LogP contribution in [0.3, 0.4) is 0 Å². The van der Waals surface area contributed by atoms with Crippen molar-refractivity contribution < 1.29 is 4.79 Å². The van der Waals surface area contributed by atoms with Gasteiger partial charge in [0.15, 0.2) is 0 Å². The summed E-state index contributed by atoms with van der Waals surface area (Å²) < 4.78 is 0. The van der Waals surface area contributed by atoms with Gasteiger partial charge in [0.2, 0.25) is 5.91 Å². The molecule has 140 valence electrons. The van der Waals surface area contributed by atoms with Crippen molar-refractivity contribution in [3.05, 3.63) is 27.4 Å². The standard InChI is InChI=1S/C20H28N4O2/c25-19-16-8-10-23(15-3-1-2-4-15)12-17(16)21-18(22-19)14-7-9-24(11-14)20(26)13-5-6-13/h13-15H,1-12H2,(H,21,22,25)/t14-/m0/s1. The van der Waals surface area contributed by atoms with E-state index in [9.17, 15) is 9.59 Å². The highest BCUT2D eigenvalue weighted by Crippen LogP contribution is 2.34. The highest BCUT2D eigenvalue weighted by molar-refractivity contribution is 5.81. The van der Waals surface area contributed by atoms with E-state index in [0.717, 1.165) is 62.4 Å². The zero-order chi connectivity index (χ0) is 17.7.